The van der Waals surface area contributed by atoms with Crippen LogP contribution in [0, 0.1) is 11.8 Å². The number of hydrogen-bond acceptors (Lipinski definition) is 4. The number of nitrogens with two attached hydrogens (primary N) is 1. The maximum Gasteiger partial charge on any atom is 0.233 e. The van der Waals surface area contributed by atoms with Crippen molar-refractivity contribution in [3.8, 4) is 0 Å². The van der Waals surface area contributed by atoms with Gasteiger partial charge in [-0.3, -0.25) is 9.59 Å². The van der Waals surface area contributed by atoms with Gasteiger partial charge in [-0.15, -0.1) is 0 Å². The Morgan fingerprint density at radius 3 is 2.79 bits per heavy atom. The number of nitrogens with one attached hydrogen (secondary N) is 1. The van der Waals surface area contributed by atoms with Crippen molar-refractivity contribution in [2.24, 2.45) is 22.7 Å². The SMILES string of the molecule is CCC(C(=O)N1CCCC(C(=O)NC)C1)C(N)=NO. The Kier molecular flexibility index (Phi) is 5.59. The van der Waals surface area contributed by atoms with E-state index in [4.69, 9.17) is 10.9 Å². The number of amidine groups is 1. The summed E-state index contributed by atoms with van der Waals surface area (Å²) in [5, 5.41) is 14.2. The first-order valence-corrected chi connectivity index (χ1v) is 6.52. The van der Waals surface area contributed by atoms with E-state index in [-0.39, 0.29) is 23.6 Å². The average Bonchev–Trinajstić information content (AvgIpc) is 2.46. The van der Waals surface area contributed by atoms with Gasteiger partial charge in [-0.1, -0.05) is 12.1 Å². The molecule has 1 heterocycles. The monoisotopic (exact) mass is 270 g/mol. The molecule has 1 saturated heterocycles. The van der Waals surface area contributed by atoms with E-state index in [0.717, 1.165) is 12.8 Å². The summed E-state index contributed by atoms with van der Waals surface area (Å²) in [5.41, 5.74) is 5.53. The fourth-order valence-corrected chi connectivity index (χ4v) is 2.40. The van der Waals surface area contributed by atoms with Gasteiger partial charge in [0.2, 0.25) is 11.8 Å². The van der Waals surface area contributed by atoms with Gasteiger partial charge in [-0.25, -0.2) is 0 Å². The molecule has 2 atom stereocenters. The molecule has 0 bridgehead atoms. The number of carbonyl (C=O) groups excluding carboxylic acids is 2. The number of amides is 2. The minimum atomic E-state index is -0.617. The van der Waals surface area contributed by atoms with Gasteiger partial charge in [-0.05, 0) is 19.3 Å². The molecule has 7 heteroatoms. The zero-order valence-corrected chi connectivity index (χ0v) is 11.4. The minimum absolute atomic E-state index is 0.0469. The molecule has 2 amide bonds. The largest absolute Gasteiger partial charge is 0.409 e. The van der Waals surface area contributed by atoms with Crippen molar-refractivity contribution in [1.29, 1.82) is 0 Å². The number of hydrogen-bond donors (Lipinski definition) is 3. The molecule has 0 aromatic heterocycles. The smallest absolute Gasteiger partial charge is 0.233 e. The van der Waals surface area contributed by atoms with Crippen molar-refractivity contribution in [2.75, 3.05) is 20.1 Å². The Hall–Kier alpha value is -1.79. The molecule has 2 unspecified atom stereocenters. The first kappa shape index (κ1) is 15.3. The third kappa shape index (κ3) is 3.59. The quantitative estimate of drug-likeness (QED) is 0.283. The molecule has 0 aliphatic carbocycles. The Labute approximate surface area is 112 Å². The Balaban J connectivity index is 2.73. The maximum atomic E-state index is 12.3. The molecule has 0 aromatic rings. The second-order valence-electron chi connectivity index (χ2n) is 4.72. The van der Waals surface area contributed by atoms with Crippen molar-refractivity contribution in [3.05, 3.63) is 0 Å². The molecule has 4 N–H and O–H groups in total. The summed E-state index contributed by atoms with van der Waals surface area (Å²) in [5.74, 6) is -1.09. The molecule has 108 valence electrons. The minimum Gasteiger partial charge on any atom is -0.409 e. The van der Waals surface area contributed by atoms with Crippen molar-refractivity contribution in [1.82, 2.24) is 10.2 Å². The summed E-state index contributed by atoms with van der Waals surface area (Å²) >= 11 is 0. The molecule has 19 heavy (non-hydrogen) atoms. The van der Waals surface area contributed by atoms with Gasteiger partial charge >= 0.3 is 0 Å². The molecule has 1 aliphatic heterocycles. The van der Waals surface area contributed by atoms with Crippen LogP contribution in [0.1, 0.15) is 26.2 Å². The van der Waals surface area contributed by atoms with E-state index in [2.05, 4.69) is 10.5 Å². The van der Waals surface area contributed by atoms with Crippen LogP contribution in [0.5, 0.6) is 0 Å². The predicted octanol–water partition coefficient (Wildman–Crippen LogP) is -0.256. The number of rotatable bonds is 4. The van der Waals surface area contributed by atoms with E-state index in [1.165, 1.54) is 0 Å². The lowest BCUT2D eigenvalue weighted by molar-refractivity contribution is -0.137. The predicted molar refractivity (Wildman–Crippen MR) is 70.6 cm³/mol. The second-order valence-corrected chi connectivity index (χ2v) is 4.72. The molecule has 1 rings (SSSR count). The maximum absolute atomic E-state index is 12.3. The number of piperidine rings is 1. The van der Waals surface area contributed by atoms with Gasteiger partial charge in [0, 0.05) is 20.1 Å². The van der Waals surface area contributed by atoms with E-state index in [1.54, 1.807) is 18.9 Å². The molecule has 0 radical (unpaired) electrons. The van der Waals surface area contributed by atoms with Crippen LogP contribution < -0.4 is 11.1 Å². The van der Waals surface area contributed by atoms with E-state index in [1.807, 2.05) is 0 Å². The lowest BCUT2D eigenvalue weighted by atomic mass is 9.95. The molecule has 0 aromatic carbocycles. The summed E-state index contributed by atoms with van der Waals surface area (Å²) in [6, 6.07) is 0. The lowest BCUT2D eigenvalue weighted by Gasteiger charge is -2.33. The van der Waals surface area contributed by atoms with Crippen LogP contribution in [0.15, 0.2) is 5.16 Å². The molecule has 1 aliphatic rings. The highest BCUT2D eigenvalue weighted by atomic mass is 16.4. The Bertz CT molecular complexity index is 370. The normalized spacial score (nSPS) is 21.9. The molecule has 0 saturated carbocycles. The van der Waals surface area contributed by atoms with Gasteiger partial charge in [0.1, 0.15) is 0 Å². The van der Waals surface area contributed by atoms with Crippen LogP contribution in [-0.2, 0) is 9.59 Å². The molecular formula is C12H22N4O3. The fourth-order valence-electron chi connectivity index (χ4n) is 2.40. The first-order valence-electron chi connectivity index (χ1n) is 6.52. The molecule has 1 fully saturated rings. The lowest BCUT2D eigenvalue weighted by Crippen LogP contribution is -2.48. The second kappa shape index (κ2) is 6.96. The summed E-state index contributed by atoms with van der Waals surface area (Å²) in [6.45, 7) is 2.82. The van der Waals surface area contributed by atoms with Gasteiger partial charge in [0.05, 0.1) is 11.8 Å². The Morgan fingerprint density at radius 1 is 1.58 bits per heavy atom. The standard InChI is InChI=1S/C12H22N4O3/c1-3-9(10(13)15-19)12(18)16-6-4-5-8(7-16)11(17)14-2/h8-9,19H,3-7H2,1-2H3,(H2,13,15)(H,14,17). The van der Waals surface area contributed by atoms with Crippen LogP contribution in [0.25, 0.3) is 0 Å². The average molecular weight is 270 g/mol. The summed E-state index contributed by atoms with van der Waals surface area (Å²) in [6.07, 6.45) is 2.04. The first-order chi connectivity index (χ1) is 9.04. The third-order valence-electron chi connectivity index (χ3n) is 3.53. The van der Waals surface area contributed by atoms with Gasteiger partial charge in [-0.2, -0.15) is 0 Å². The van der Waals surface area contributed by atoms with Crippen LogP contribution >= 0.6 is 0 Å². The number of oxime groups is 1. The van der Waals surface area contributed by atoms with Crippen LogP contribution in [0.3, 0.4) is 0 Å². The van der Waals surface area contributed by atoms with Crippen LogP contribution in [0.2, 0.25) is 0 Å². The number of likely N-dealkylation sites (tertiary alicyclic amines) is 1. The van der Waals surface area contributed by atoms with Crippen molar-refractivity contribution in [3.63, 3.8) is 0 Å². The zero-order valence-electron chi connectivity index (χ0n) is 11.4. The van der Waals surface area contributed by atoms with Crippen molar-refractivity contribution < 1.29 is 14.8 Å². The Morgan fingerprint density at radius 2 is 2.26 bits per heavy atom. The molecular weight excluding hydrogens is 248 g/mol. The number of nitrogens with zero attached hydrogens (tertiary/aromatic N) is 2. The van der Waals surface area contributed by atoms with Crippen molar-refractivity contribution in [2.45, 2.75) is 26.2 Å². The molecule has 7 nitrogen and oxygen atoms in total. The van der Waals surface area contributed by atoms with E-state index < -0.39 is 5.92 Å². The highest BCUT2D eigenvalue weighted by Crippen LogP contribution is 2.19. The summed E-state index contributed by atoms with van der Waals surface area (Å²) in [4.78, 5) is 25.6. The molecule has 0 spiro atoms. The third-order valence-corrected chi connectivity index (χ3v) is 3.53. The summed E-state index contributed by atoms with van der Waals surface area (Å²) in [7, 11) is 1.59. The van der Waals surface area contributed by atoms with Gasteiger partial charge in [0.25, 0.3) is 0 Å². The topological polar surface area (TPSA) is 108 Å². The highest BCUT2D eigenvalue weighted by Gasteiger charge is 2.32. The van der Waals surface area contributed by atoms with E-state index in [0.29, 0.717) is 19.5 Å². The fraction of sp³-hybridized carbons (Fsp3) is 0.750. The number of carbonyl (C=O) groups is 2. The highest BCUT2D eigenvalue weighted by molar-refractivity contribution is 6.02. The van der Waals surface area contributed by atoms with E-state index >= 15 is 0 Å². The van der Waals surface area contributed by atoms with Crippen LogP contribution in [0.4, 0.5) is 0 Å². The van der Waals surface area contributed by atoms with Gasteiger partial charge in [0.15, 0.2) is 5.84 Å². The summed E-state index contributed by atoms with van der Waals surface area (Å²) < 4.78 is 0. The van der Waals surface area contributed by atoms with E-state index in [9.17, 15) is 9.59 Å². The van der Waals surface area contributed by atoms with Crippen molar-refractivity contribution >= 4 is 17.6 Å². The zero-order chi connectivity index (χ0) is 14.4. The van der Waals surface area contributed by atoms with Gasteiger partial charge < -0.3 is 21.2 Å². The van der Waals surface area contributed by atoms with Crippen LogP contribution in [-0.4, -0.2) is 47.9 Å².